The molecule has 0 fully saturated rings. The molecule has 8 rings (SSSR count). The van der Waals surface area contributed by atoms with Crippen molar-refractivity contribution in [2.24, 2.45) is 0 Å². The number of benzene rings is 5. The van der Waals surface area contributed by atoms with Crippen molar-refractivity contribution in [3.05, 3.63) is 166 Å². The molecule has 8 aromatic rings. The SMILES string of the molecule is [2H]C([2H])([2H])c1c[c-]c(-c2ccc(C(C)(C)C)cn2)cc1.[2H]C([2H])([2H])c1cc(C([2H])([2H])[2H])c2oc3c(-c4cc(-c5cc(C([2H])([2H])[2H])c(-c6ccc(C(C)(C)C)cc6)cc5C([2H])([2H])[2H])c(C([2H])([2H])[2H])cn4)[c-]ccc3c2c1.[Ir]. The molecule has 0 N–H and O–H groups in total. The average Bonchev–Trinajstić information content (AvgIpc) is 3.67. The van der Waals surface area contributed by atoms with Crippen LogP contribution in [0.4, 0.5) is 0 Å². The first-order valence-corrected chi connectivity index (χ1v) is 18.5. The van der Waals surface area contributed by atoms with Gasteiger partial charge in [-0.2, -0.15) is 0 Å². The average molecular weight is 957 g/mol. The number of aryl methyl sites for hydroxylation is 6. The minimum atomic E-state index is -2.84. The van der Waals surface area contributed by atoms with Gasteiger partial charge < -0.3 is 14.4 Å². The summed E-state index contributed by atoms with van der Waals surface area (Å²) in [5.41, 5.74) is 3.09. The summed E-state index contributed by atoms with van der Waals surface area (Å²) in [7, 11) is 0. The fourth-order valence-corrected chi connectivity index (χ4v) is 6.64. The van der Waals surface area contributed by atoms with Gasteiger partial charge in [0.2, 0.25) is 0 Å². The van der Waals surface area contributed by atoms with Gasteiger partial charge in [-0.1, -0.05) is 126 Å². The van der Waals surface area contributed by atoms with Crippen LogP contribution in [0.3, 0.4) is 0 Å². The van der Waals surface area contributed by atoms with E-state index in [2.05, 4.69) is 42.9 Å². The second-order valence-corrected chi connectivity index (χ2v) is 16.2. The maximum atomic E-state index is 8.54. The normalized spacial score (nSPS) is 17.6. The van der Waals surface area contributed by atoms with Crippen LogP contribution in [0.5, 0.6) is 0 Å². The molecule has 5 aromatic carbocycles. The minimum Gasteiger partial charge on any atom is -0.500 e. The molecule has 0 bridgehead atoms. The Labute approximate surface area is 384 Å². The summed E-state index contributed by atoms with van der Waals surface area (Å²) in [5.74, 6) is 0. The summed E-state index contributed by atoms with van der Waals surface area (Å²) >= 11 is 0. The first kappa shape index (κ1) is 24.7. The van der Waals surface area contributed by atoms with E-state index in [0.29, 0.717) is 16.5 Å². The topological polar surface area (TPSA) is 38.9 Å². The van der Waals surface area contributed by atoms with Crippen LogP contribution in [0.25, 0.3) is 66.7 Å². The fourth-order valence-electron chi connectivity index (χ4n) is 6.64. The Bertz CT molecular complexity index is 3330. The summed E-state index contributed by atoms with van der Waals surface area (Å²) < 4.78 is 153. The van der Waals surface area contributed by atoms with Crippen LogP contribution in [0.1, 0.15) is 111 Å². The molecule has 1 radical (unpaired) electrons. The van der Waals surface area contributed by atoms with Crippen molar-refractivity contribution in [3.8, 4) is 44.8 Å². The van der Waals surface area contributed by atoms with Crippen molar-refractivity contribution < 1.29 is 49.2 Å². The molecular weight excluding hydrogens is 885 g/mol. The van der Waals surface area contributed by atoms with E-state index in [4.69, 9.17) is 29.1 Å². The van der Waals surface area contributed by atoms with E-state index < -0.39 is 41.1 Å². The summed E-state index contributed by atoms with van der Waals surface area (Å²) in [6.07, 6.45) is 2.92. The van der Waals surface area contributed by atoms with Gasteiger partial charge in [0.05, 0.1) is 5.58 Å². The van der Waals surface area contributed by atoms with Crippen LogP contribution in [0.2, 0.25) is 0 Å². The Morgan fingerprint density at radius 3 is 1.84 bits per heavy atom. The number of nitrogens with zero attached hydrogens (tertiary/aromatic N) is 2. The first-order valence-electron chi connectivity index (χ1n) is 27.5. The second kappa shape index (κ2) is 16.6. The molecule has 0 aliphatic heterocycles. The van der Waals surface area contributed by atoms with E-state index in [1.54, 1.807) is 30.3 Å². The van der Waals surface area contributed by atoms with Crippen LogP contribution in [0, 0.1) is 53.2 Å². The quantitative estimate of drug-likeness (QED) is 0.165. The Kier molecular flexibility index (Phi) is 7.07. The van der Waals surface area contributed by atoms with E-state index in [0.717, 1.165) is 29.1 Å². The van der Waals surface area contributed by atoms with Crippen molar-refractivity contribution >= 4 is 21.9 Å². The van der Waals surface area contributed by atoms with Crippen LogP contribution in [0.15, 0.2) is 114 Å². The van der Waals surface area contributed by atoms with Gasteiger partial charge in [-0.15, -0.1) is 53.6 Å². The zero-order chi connectivity index (χ0) is 55.8. The van der Waals surface area contributed by atoms with Crippen LogP contribution >= 0.6 is 0 Å². The van der Waals surface area contributed by atoms with Gasteiger partial charge in [0.1, 0.15) is 5.58 Å². The molecule has 297 valence electrons. The summed E-state index contributed by atoms with van der Waals surface area (Å²) in [6.45, 7) is -3.39. The molecule has 0 spiro atoms. The van der Waals surface area contributed by atoms with Gasteiger partial charge in [-0.25, -0.2) is 0 Å². The number of furan rings is 1. The zero-order valence-electron chi connectivity index (χ0n) is 51.0. The molecule has 3 heterocycles. The monoisotopic (exact) mass is 958 g/mol. The minimum absolute atomic E-state index is 0. The predicted molar refractivity (Wildman–Crippen MR) is 241 cm³/mol. The maximum Gasteiger partial charge on any atom is 0.123 e. The Morgan fingerprint density at radius 2 is 1.21 bits per heavy atom. The molecule has 0 unspecified atom stereocenters. The van der Waals surface area contributed by atoms with E-state index in [9.17, 15) is 0 Å². The molecule has 0 saturated heterocycles. The number of aromatic nitrogens is 2. The van der Waals surface area contributed by atoms with Crippen LogP contribution in [-0.2, 0) is 30.9 Å². The standard InChI is InChI=1S/C38H36NO.C16H18N.Ir/c1-22-16-25(4)36-34(17-22)29-10-9-11-30(37(29)40-36)35-20-33(26(5)21-39-35)32-19-23(2)31(18-24(32)3)27-12-14-28(15-13-27)38(6,7)8;1-12-5-7-13(8-6-12)15-10-9-14(11-17-15)16(2,3)4;/h9-10,12-21H,1-8H3;5-7,9-11H,1-4H3;/q2*-1;/i1D3,2D3,3D3,4D3,5D3;1D3;. The molecule has 4 heteroatoms. The molecular formula is C54H54IrN2O-2. The molecule has 0 amide bonds. The number of pyridine rings is 2. The van der Waals surface area contributed by atoms with Gasteiger partial charge >= 0.3 is 0 Å². The number of hydrogen-bond acceptors (Lipinski definition) is 3. The summed E-state index contributed by atoms with van der Waals surface area (Å²) in [6, 6.07) is 31.3. The first-order chi connectivity index (χ1) is 34.2. The molecule has 0 aliphatic carbocycles. The molecule has 3 aromatic heterocycles. The van der Waals surface area contributed by atoms with Crippen LogP contribution < -0.4 is 0 Å². The van der Waals surface area contributed by atoms with Crippen molar-refractivity contribution in [1.29, 1.82) is 0 Å². The summed E-state index contributed by atoms with van der Waals surface area (Å²) in [4.78, 5) is 8.84. The number of hydrogen-bond donors (Lipinski definition) is 0. The van der Waals surface area contributed by atoms with Crippen molar-refractivity contribution in [1.82, 2.24) is 9.97 Å². The number of rotatable bonds is 4. The van der Waals surface area contributed by atoms with Crippen molar-refractivity contribution in [2.45, 2.75) is 93.5 Å². The second-order valence-electron chi connectivity index (χ2n) is 16.2. The van der Waals surface area contributed by atoms with E-state index in [1.165, 1.54) is 42.0 Å². The van der Waals surface area contributed by atoms with E-state index in [-0.39, 0.29) is 103 Å². The third-order valence-corrected chi connectivity index (χ3v) is 9.92. The molecule has 0 atom stereocenters. The third kappa shape index (κ3) is 8.80. The predicted octanol–water partition coefficient (Wildman–Crippen LogP) is 14.8. The fraction of sp³-hybridized carbons (Fsp3) is 0.259. The Hall–Kier alpha value is -5.15. The molecule has 58 heavy (non-hydrogen) atoms. The smallest absolute Gasteiger partial charge is 0.123 e. The maximum absolute atomic E-state index is 8.54. The van der Waals surface area contributed by atoms with Crippen LogP contribution in [-0.4, -0.2) is 9.97 Å². The Morgan fingerprint density at radius 1 is 0.534 bits per heavy atom. The van der Waals surface area contributed by atoms with Crippen molar-refractivity contribution in [3.63, 3.8) is 0 Å². The summed E-state index contributed by atoms with van der Waals surface area (Å²) in [5, 5.41) is 0.542. The Balaban J connectivity index is 0.000000374. The number of fused-ring (bicyclic) bond motifs is 3. The van der Waals surface area contributed by atoms with Gasteiger partial charge in [0, 0.05) is 62.6 Å². The van der Waals surface area contributed by atoms with Gasteiger partial charge in [0.25, 0.3) is 0 Å². The molecule has 0 saturated carbocycles. The zero-order valence-corrected chi connectivity index (χ0v) is 35.4. The molecule has 3 nitrogen and oxygen atoms in total. The van der Waals surface area contributed by atoms with E-state index in [1.807, 2.05) is 51.2 Å². The van der Waals surface area contributed by atoms with Crippen molar-refractivity contribution in [2.75, 3.05) is 0 Å². The third-order valence-electron chi connectivity index (χ3n) is 9.92. The van der Waals surface area contributed by atoms with E-state index >= 15 is 0 Å². The van der Waals surface area contributed by atoms with Gasteiger partial charge in [-0.3, -0.25) is 0 Å². The van der Waals surface area contributed by atoms with Gasteiger partial charge in [0.15, 0.2) is 0 Å². The largest absolute Gasteiger partial charge is 0.500 e. The van der Waals surface area contributed by atoms with Gasteiger partial charge in [-0.05, 0) is 118 Å². The molecule has 0 aliphatic rings.